The Labute approximate surface area is 120 Å². The summed E-state index contributed by atoms with van der Waals surface area (Å²) in [5.74, 6) is -0.379. The third-order valence-corrected chi connectivity index (χ3v) is 3.36. The molecule has 3 aromatic rings. The summed E-state index contributed by atoms with van der Waals surface area (Å²) in [5.41, 5.74) is 7.44. The van der Waals surface area contributed by atoms with E-state index in [2.05, 4.69) is 0 Å². The Bertz CT molecular complexity index is 889. The number of anilines is 1. The van der Waals surface area contributed by atoms with Gasteiger partial charge in [0, 0.05) is 31.0 Å². The number of aryl methyl sites for hydroxylation is 2. The van der Waals surface area contributed by atoms with Gasteiger partial charge in [0.25, 0.3) is 5.56 Å². The predicted octanol–water partition coefficient (Wildman–Crippen LogP) is 1.43. The zero-order valence-electron chi connectivity index (χ0n) is 11.4. The van der Waals surface area contributed by atoms with Gasteiger partial charge in [0.2, 0.25) is 0 Å². The minimum absolute atomic E-state index is 0.103. The van der Waals surface area contributed by atoms with Gasteiger partial charge in [-0.3, -0.25) is 9.36 Å². The predicted molar refractivity (Wildman–Crippen MR) is 80.2 cm³/mol. The Morgan fingerprint density at radius 1 is 1.05 bits per heavy atom. The van der Waals surface area contributed by atoms with E-state index in [-0.39, 0.29) is 11.3 Å². The molecule has 0 spiro atoms. The van der Waals surface area contributed by atoms with Gasteiger partial charge in [-0.25, -0.2) is 4.79 Å². The number of rotatable bonds is 4. The number of nitrogens with two attached hydrogens (primary N) is 1. The lowest BCUT2D eigenvalue weighted by molar-refractivity contribution is 0.481. The first-order valence-electron chi connectivity index (χ1n) is 6.69. The highest BCUT2D eigenvalue weighted by molar-refractivity contribution is 5.72. The van der Waals surface area contributed by atoms with Crippen molar-refractivity contribution in [1.29, 1.82) is 0 Å². The van der Waals surface area contributed by atoms with Crippen molar-refractivity contribution >= 4 is 16.8 Å². The van der Waals surface area contributed by atoms with E-state index in [9.17, 15) is 9.59 Å². The minimum Gasteiger partial charge on any atom is -0.408 e. The molecule has 21 heavy (non-hydrogen) atoms. The van der Waals surface area contributed by atoms with Crippen LogP contribution in [0.2, 0.25) is 0 Å². The molecule has 6 heteroatoms. The van der Waals surface area contributed by atoms with Crippen LogP contribution in [0.25, 0.3) is 11.1 Å². The van der Waals surface area contributed by atoms with E-state index < -0.39 is 0 Å². The molecule has 2 heterocycles. The lowest BCUT2D eigenvalue weighted by Crippen LogP contribution is -2.21. The summed E-state index contributed by atoms with van der Waals surface area (Å²) in [6, 6.07) is 10.3. The molecule has 1 aromatic carbocycles. The number of pyridine rings is 1. The highest BCUT2D eigenvalue weighted by Crippen LogP contribution is 2.12. The van der Waals surface area contributed by atoms with Crippen LogP contribution in [0, 0.1) is 0 Å². The highest BCUT2D eigenvalue weighted by atomic mass is 16.4. The molecule has 0 unspecified atom stereocenters. The number of aromatic nitrogens is 2. The summed E-state index contributed by atoms with van der Waals surface area (Å²) in [7, 11) is 0. The van der Waals surface area contributed by atoms with Crippen LogP contribution in [0.4, 0.5) is 5.69 Å². The first kappa shape index (κ1) is 13.2. The Kier molecular flexibility index (Phi) is 3.35. The summed E-state index contributed by atoms with van der Waals surface area (Å²) in [6.07, 6.45) is 2.24. The fourth-order valence-electron chi connectivity index (χ4n) is 2.35. The lowest BCUT2D eigenvalue weighted by atomic mass is 10.3. The molecule has 0 aliphatic rings. The van der Waals surface area contributed by atoms with Crippen molar-refractivity contribution in [1.82, 2.24) is 9.13 Å². The number of nitrogen functional groups attached to an aromatic ring is 1. The number of nitrogens with zero attached hydrogens (tertiary/aromatic N) is 2. The fraction of sp³-hybridized carbons (Fsp3) is 0.200. The molecule has 0 saturated heterocycles. The summed E-state index contributed by atoms with van der Waals surface area (Å²) in [4.78, 5) is 23.5. The van der Waals surface area contributed by atoms with E-state index in [0.29, 0.717) is 30.8 Å². The second kappa shape index (κ2) is 5.32. The Morgan fingerprint density at radius 3 is 2.71 bits per heavy atom. The molecule has 0 aliphatic heterocycles. The fourth-order valence-corrected chi connectivity index (χ4v) is 2.35. The average Bonchev–Trinajstić information content (AvgIpc) is 2.79. The number of hydrogen-bond acceptors (Lipinski definition) is 4. The SMILES string of the molecule is Nc1ccc(=O)n(CCCn2c(=O)oc3ccccc32)c1. The van der Waals surface area contributed by atoms with Crippen LogP contribution in [-0.2, 0) is 13.1 Å². The zero-order chi connectivity index (χ0) is 14.8. The first-order chi connectivity index (χ1) is 10.1. The normalized spacial score (nSPS) is 11.0. The Hall–Kier alpha value is -2.76. The largest absolute Gasteiger partial charge is 0.419 e. The monoisotopic (exact) mass is 285 g/mol. The van der Waals surface area contributed by atoms with Crippen LogP contribution in [-0.4, -0.2) is 9.13 Å². The van der Waals surface area contributed by atoms with Gasteiger partial charge in [0.1, 0.15) is 0 Å². The molecule has 0 fully saturated rings. The number of para-hydroxylation sites is 2. The second-order valence-electron chi connectivity index (χ2n) is 4.83. The van der Waals surface area contributed by atoms with Crippen LogP contribution in [0.3, 0.4) is 0 Å². The smallest absolute Gasteiger partial charge is 0.408 e. The van der Waals surface area contributed by atoms with E-state index in [4.69, 9.17) is 10.2 Å². The van der Waals surface area contributed by atoms with Gasteiger partial charge < -0.3 is 14.7 Å². The maximum Gasteiger partial charge on any atom is 0.419 e. The van der Waals surface area contributed by atoms with Crippen molar-refractivity contribution < 1.29 is 4.42 Å². The molecule has 2 aromatic heterocycles. The van der Waals surface area contributed by atoms with Crippen LogP contribution < -0.4 is 17.0 Å². The summed E-state index contributed by atoms with van der Waals surface area (Å²) in [5, 5.41) is 0. The molecule has 2 N–H and O–H groups in total. The highest BCUT2D eigenvalue weighted by Gasteiger charge is 2.07. The number of benzene rings is 1. The van der Waals surface area contributed by atoms with Crippen LogP contribution in [0.5, 0.6) is 0 Å². The van der Waals surface area contributed by atoms with Gasteiger partial charge in [-0.15, -0.1) is 0 Å². The maximum absolute atomic E-state index is 11.8. The molecule has 0 amide bonds. The molecule has 0 saturated carbocycles. The second-order valence-corrected chi connectivity index (χ2v) is 4.83. The Morgan fingerprint density at radius 2 is 1.86 bits per heavy atom. The van der Waals surface area contributed by atoms with Crippen molar-refractivity contribution in [3.05, 3.63) is 63.5 Å². The van der Waals surface area contributed by atoms with E-state index in [1.807, 2.05) is 18.2 Å². The molecule has 0 radical (unpaired) electrons. The summed E-state index contributed by atoms with van der Waals surface area (Å²) < 4.78 is 8.28. The summed E-state index contributed by atoms with van der Waals surface area (Å²) >= 11 is 0. The van der Waals surface area contributed by atoms with Gasteiger partial charge in [-0.1, -0.05) is 12.1 Å². The van der Waals surface area contributed by atoms with Crippen LogP contribution >= 0.6 is 0 Å². The molecule has 108 valence electrons. The minimum atomic E-state index is -0.379. The third-order valence-electron chi connectivity index (χ3n) is 3.36. The van der Waals surface area contributed by atoms with Crippen LogP contribution in [0.15, 0.2) is 56.6 Å². The van der Waals surface area contributed by atoms with E-state index in [1.54, 1.807) is 27.5 Å². The number of hydrogen-bond donors (Lipinski definition) is 1. The molecular weight excluding hydrogens is 270 g/mol. The number of oxazole rings is 1. The van der Waals surface area contributed by atoms with Gasteiger partial charge in [0.05, 0.1) is 5.52 Å². The average molecular weight is 285 g/mol. The molecule has 6 nitrogen and oxygen atoms in total. The third kappa shape index (κ3) is 2.60. The van der Waals surface area contributed by atoms with E-state index >= 15 is 0 Å². The van der Waals surface area contributed by atoms with Crippen molar-refractivity contribution in [2.24, 2.45) is 0 Å². The van der Waals surface area contributed by atoms with E-state index in [1.165, 1.54) is 6.07 Å². The quantitative estimate of drug-likeness (QED) is 0.786. The van der Waals surface area contributed by atoms with Gasteiger partial charge in [0.15, 0.2) is 5.58 Å². The van der Waals surface area contributed by atoms with Gasteiger partial charge >= 0.3 is 5.76 Å². The molecule has 3 rings (SSSR count). The first-order valence-corrected chi connectivity index (χ1v) is 6.69. The maximum atomic E-state index is 11.8. The van der Waals surface area contributed by atoms with Gasteiger partial charge in [-0.2, -0.15) is 0 Å². The molecular formula is C15H15N3O3. The van der Waals surface area contributed by atoms with Crippen molar-refractivity contribution in [2.45, 2.75) is 19.5 Å². The zero-order valence-corrected chi connectivity index (χ0v) is 11.4. The van der Waals surface area contributed by atoms with Crippen molar-refractivity contribution in [3.63, 3.8) is 0 Å². The van der Waals surface area contributed by atoms with Crippen molar-refractivity contribution in [3.8, 4) is 0 Å². The van der Waals surface area contributed by atoms with Crippen LogP contribution in [0.1, 0.15) is 6.42 Å². The van der Waals surface area contributed by atoms with E-state index in [0.717, 1.165) is 5.52 Å². The molecule has 0 bridgehead atoms. The topological polar surface area (TPSA) is 83.2 Å². The molecule has 0 aliphatic carbocycles. The lowest BCUT2D eigenvalue weighted by Gasteiger charge is -2.06. The Balaban J connectivity index is 1.78. The van der Waals surface area contributed by atoms with Gasteiger partial charge in [-0.05, 0) is 24.6 Å². The summed E-state index contributed by atoms with van der Waals surface area (Å²) in [6.45, 7) is 0.979. The molecule has 0 atom stereocenters. The standard InChI is InChI=1S/C15H15N3O3/c16-11-6-7-14(19)17(10-11)8-3-9-18-12-4-1-2-5-13(12)21-15(18)20/h1-2,4-7,10H,3,8-9,16H2. The number of fused-ring (bicyclic) bond motifs is 1. The van der Waals surface area contributed by atoms with Crippen molar-refractivity contribution in [2.75, 3.05) is 5.73 Å².